The summed E-state index contributed by atoms with van der Waals surface area (Å²) in [5.74, 6) is 0.163. The first-order valence-corrected chi connectivity index (χ1v) is 10.7. The highest BCUT2D eigenvalue weighted by Gasteiger charge is 2.13. The van der Waals surface area contributed by atoms with Crippen LogP contribution in [0.2, 0.25) is 10.0 Å². The van der Waals surface area contributed by atoms with Crippen LogP contribution in [0.1, 0.15) is 22.8 Å². The van der Waals surface area contributed by atoms with Crippen molar-refractivity contribution < 1.29 is 9.21 Å². The number of fused-ring (bicyclic) bond motifs is 1. The fourth-order valence-electron chi connectivity index (χ4n) is 3.01. The standard InChI is InChI=1S/C23H17Cl2N3O2S/c1-2-13-3-5-14(6-4-13)21(29)28-23(31)26-17-9-7-15(8-10-17)22-27-19-12-16(24)11-18(25)20(19)30-22/h3-12H,2H2,1H3,(H2,26,28,29,31). The maximum atomic E-state index is 12.3. The van der Waals surface area contributed by atoms with Gasteiger partial charge in [0, 0.05) is 21.8 Å². The number of amides is 1. The lowest BCUT2D eigenvalue weighted by molar-refractivity contribution is 0.0977. The Kier molecular flexibility index (Phi) is 6.23. The lowest BCUT2D eigenvalue weighted by Gasteiger charge is -2.10. The highest BCUT2D eigenvalue weighted by atomic mass is 35.5. The summed E-state index contributed by atoms with van der Waals surface area (Å²) in [6, 6.07) is 18.0. The number of nitrogens with one attached hydrogen (secondary N) is 2. The number of thiocarbonyl (C=S) groups is 1. The number of halogens is 2. The van der Waals surface area contributed by atoms with Crippen LogP contribution in [0.15, 0.2) is 65.1 Å². The van der Waals surface area contributed by atoms with Crippen LogP contribution in [0.5, 0.6) is 0 Å². The molecule has 8 heteroatoms. The van der Waals surface area contributed by atoms with Crippen LogP contribution >= 0.6 is 35.4 Å². The van der Waals surface area contributed by atoms with Crippen molar-refractivity contribution in [3.63, 3.8) is 0 Å². The van der Waals surface area contributed by atoms with Gasteiger partial charge in [-0.15, -0.1) is 0 Å². The Morgan fingerprint density at radius 2 is 1.77 bits per heavy atom. The van der Waals surface area contributed by atoms with E-state index in [0.717, 1.165) is 12.0 Å². The molecule has 4 aromatic rings. The van der Waals surface area contributed by atoms with E-state index in [0.29, 0.717) is 38.3 Å². The van der Waals surface area contributed by atoms with E-state index in [9.17, 15) is 4.79 Å². The van der Waals surface area contributed by atoms with Gasteiger partial charge in [0.1, 0.15) is 5.52 Å². The molecule has 0 radical (unpaired) electrons. The number of benzene rings is 3. The van der Waals surface area contributed by atoms with E-state index in [1.807, 2.05) is 36.4 Å². The number of carbonyl (C=O) groups is 1. The summed E-state index contributed by atoms with van der Waals surface area (Å²) in [5.41, 5.74) is 4.27. The lowest BCUT2D eigenvalue weighted by atomic mass is 10.1. The number of rotatable bonds is 4. The predicted molar refractivity (Wildman–Crippen MR) is 129 cm³/mol. The molecule has 156 valence electrons. The molecule has 1 amide bonds. The minimum atomic E-state index is -0.265. The number of aryl methyl sites for hydroxylation is 1. The van der Waals surface area contributed by atoms with Crippen molar-refractivity contribution in [2.24, 2.45) is 0 Å². The molecule has 4 rings (SSSR count). The van der Waals surface area contributed by atoms with Crippen LogP contribution < -0.4 is 10.6 Å². The molecule has 1 aromatic heterocycles. The third kappa shape index (κ3) is 4.88. The monoisotopic (exact) mass is 469 g/mol. The van der Waals surface area contributed by atoms with Crippen molar-refractivity contribution in [1.29, 1.82) is 0 Å². The minimum Gasteiger partial charge on any atom is -0.435 e. The van der Waals surface area contributed by atoms with Gasteiger partial charge >= 0.3 is 0 Å². The summed E-state index contributed by atoms with van der Waals surface area (Å²) in [7, 11) is 0. The Morgan fingerprint density at radius 1 is 1.06 bits per heavy atom. The largest absolute Gasteiger partial charge is 0.435 e. The molecule has 0 saturated heterocycles. The topological polar surface area (TPSA) is 67.2 Å². The quantitative estimate of drug-likeness (QED) is 0.334. The number of anilines is 1. The first-order valence-electron chi connectivity index (χ1n) is 9.50. The number of hydrogen-bond donors (Lipinski definition) is 2. The predicted octanol–water partition coefficient (Wildman–Crippen LogP) is 6.49. The van der Waals surface area contributed by atoms with Crippen molar-refractivity contribution in [2.45, 2.75) is 13.3 Å². The second kappa shape index (κ2) is 9.06. The Balaban J connectivity index is 1.42. The van der Waals surface area contributed by atoms with E-state index in [2.05, 4.69) is 22.5 Å². The Labute approximate surface area is 194 Å². The van der Waals surface area contributed by atoms with E-state index < -0.39 is 0 Å². The summed E-state index contributed by atoms with van der Waals surface area (Å²) in [5, 5.41) is 6.79. The smallest absolute Gasteiger partial charge is 0.257 e. The Hall–Kier alpha value is -2.93. The van der Waals surface area contributed by atoms with Crippen molar-refractivity contribution in [3.8, 4) is 11.5 Å². The first-order chi connectivity index (χ1) is 14.9. The van der Waals surface area contributed by atoms with E-state index >= 15 is 0 Å². The van der Waals surface area contributed by atoms with Crippen molar-refractivity contribution in [3.05, 3.63) is 81.8 Å². The van der Waals surface area contributed by atoms with E-state index in [-0.39, 0.29) is 11.0 Å². The molecule has 0 aliphatic rings. The molecule has 0 bridgehead atoms. The molecular weight excluding hydrogens is 453 g/mol. The number of oxazole rings is 1. The molecule has 0 saturated carbocycles. The van der Waals surface area contributed by atoms with Gasteiger partial charge in [0.05, 0.1) is 5.02 Å². The number of hydrogen-bond acceptors (Lipinski definition) is 4. The number of carbonyl (C=O) groups excluding carboxylic acids is 1. The molecular formula is C23H17Cl2N3O2S. The summed E-state index contributed by atoms with van der Waals surface area (Å²) in [6.45, 7) is 2.06. The molecule has 0 aliphatic heterocycles. The molecule has 1 heterocycles. The van der Waals surface area contributed by atoms with Gasteiger partial charge in [0.15, 0.2) is 10.7 Å². The van der Waals surface area contributed by atoms with Gasteiger partial charge in [0.2, 0.25) is 5.89 Å². The van der Waals surface area contributed by atoms with Crippen LogP contribution in [-0.4, -0.2) is 16.0 Å². The normalized spacial score (nSPS) is 10.8. The average molecular weight is 470 g/mol. The Morgan fingerprint density at radius 3 is 2.45 bits per heavy atom. The highest BCUT2D eigenvalue weighted by molar-refractivity contribution is 7.80. The zero-order valence-corrected chi connectivity index (χ0v) is 18.7. The van der Waals surface area contributed by atoms with E-state index in [4.69, 9.17) is 39.8 Å². The molecule has 0 unspecified atom stereocenters. The summed E-state index contributed by atoms with van der Waals surface area (Å²) >= 11 is 17.4. The SMILES string of the molecule is CCc1ccc(C(=O)NC(=S)Nc2ccc(-c3nc4cc(Cl)cc(Cl)c4o3)cc2)cc1. The summed E-state index contributed by atoms with van der Waals surface area (Å²) < 4.78 is 5.77. The molecule has 2 N–H and O–H groups in total. The first kappa shape index (κ1) is 21.3. The van der Waals surface area contributed by atoms with Crippen LogP contribution in [-0.2, 0) is 6.42 Å². The van der Waals surface area contributed by atoms with Crippen LogP contribution in [0, 0.1) is 0 Å². The molecule has 31 heavy (non-hydrogen) atoms. The molecule has 0 atom stereocenters. The number of aromatic nitrogens is 1. The third-order valence-corrected chi connectivity index (χ3v) is 5.35. The van der Waals surface area contributed by atoms with Crippen LogP contribution in [0.3, 0.4) is 0 Å². The van der Waals surface area contributed by atoms with Crippen molar-refractivity contribution in [2.75, 3.05) is 5.32 Å². The molecule has 5 nitrogen and oxygen atoms in total. The number of nitrogens with zero attached hydrogens (tertiary/aromatic N) is 1. The second-order valence-electron chi connectivity index (χ2n) is 6.79. The fourth-order valence-corrected chi connectivity index (χ4v) is 3.74. The summed E-state index contributed by atoms with van der Waals surface area (Å²) in [6.07, 6.45) is 0.919. The maximum Gasteiger partial charge on any atom is 0.257 e. The fraction of sp³-hybridized carbons (Fsp3) is 0.0870. The van der Waals surface area contributed by atoms with Gasteiger partial charge < -0.3 is 9.73 Å². The third-order valence-electron chi connectivity index (χ3n) is 4.65. The van der Waals surface area contributed by atoms with E-state index in [1.54, 1.807) is 24.3 Å². The minimum absolute atomic E-state index is 0.209. The van der Waals surface area contributed by atoms with E-state index in [1.165, 1.54) is 5.56 Å². The van der Waals surface area contributed by atoms with Crippen LogP contribution in [0.4, 0.5) is 5.69 Å². The van der Waals surface area contributed by atoms with Gasteiger partial charge in [-0.3, -0.25) is 10.1 Å². The van der Waals surface area contributed by atoms with Crippen LogP contribution in [0.25, 0.3) is 22.6 Å². The summed E-state index contributed by atoms with van der Waals surface area (Å²) in [4.78, 5) is 16.8. The van der Waals surface area contributed by atoms with Gasteiger partial charge in [-0.05, 0) is 72.7 Å². The van der Waals surface area contributed by atoms with Gasteiger partial charge in [-0.25, -0.2) is 4.98 Å². The Bertz CT molecular complexity index is 1270. The molecule has 3 aromatic carbocycles. The van der Waals surface area contributed by atoms with Gasteiger partial charge in [-0.1, -0.05) is 42.3 Å². The lowest BCUT2D eigenvalue weighted by Crippen LogP contribution is -2.34. The molecule has 0 aliphatic carbocycles. The average Bonchev–Trinajstić information content (AvgIpc) is 3.18. The van der Waals surface area contributed by atoms with Crippen molar-refractivity contribution >= 4 is 63.2 Å². The highest BCUT2D eigenvalue weighted by Crippen LogP contribution is 2.32. The zero-order chi connectivity index (χ0) is 22.0. The van der Waals surface area contributed by atoms with Crippen molar-refractivity contribution in [1.82, 2.24) is 10.3 Å². The van der Waals surface area contributed by atoms with Gasteiger partial charge in [0.25, 0.3) is 5.91 Å². The zero-order valence-electron chi connectivity index (χ0n) is 16.4. The molecule has 0 fully saturated rings. The second-order valence-corrected chi connectivity index (χ2v) is 8.04. The molecule has 0 spiro atoms. The maximum absolute atomic E-state index is 12.3. The van der Waals surface area contributed by atoms with Gasteiger partial charge in [-0.2, -0.15) is 0 Å².